The Hall–Kier alpha value is -3.98. The number of hydrogen-bond donors (Lipinski definition) is 1. The number of nitrogens with one attached hydrogen (secondary N) is 1. The van der Waals surface area contributed by atoms with Gasteiger partial charge < -0.3 is 14.4 Å². The molecular weight excluding hydrogens is 436 g/mol. The molecule has 0 saturated heterocycles. The third-order valence-electron chi connectivity index (χ3n) is 6.38. The molecule has 35 heavy (non-hydrogen) atoms. The second-order valence-electron chi connectivity index (χ2n) is 9.25. The fourth-order valence-corrected chi connectivity index (χ4v) is 4.66. The maximum Gasteiger partial charge on any atom is 0.269 e. The van der Waals surface area contributed by atoms with Crippen molar-refractivity contribution in [3.05, 3.63) is 92.9 Å². The van der Waals surface area contributed by atoms with Crippen molar-refractivity contribution < 1.29 is 4.79 Å². The van der Waals surface area contributed by atoms with Gasteiger partial charge in [-0.1, -0.05) is 26.0 Å². The van der Waals surface area contributed by atoms with Crippen LogP contribution in [0, 0.1) is 13.5 Å². The van der Waals surface area contributed by atoms with Crippen molar-refractivity contribution in [3.8, 4) is 11.1 Å². The number of rotatable bonds is 8. The summed E-state index contributed by atoms with van der Waals surface area (Å²) in [4.78, 5) is 36.7. The number of aromatic amines is 1. The van der Waals surface area contributed by atoms with Gasteiger partial charge in [-0.3, -0.25) is 9.59 Å². The van der Waals surface area contributed by atoms with Gasteiger partial charge in [0.1, 0.15) is 6.20 Å². The highest BCUT2D eigenvalue weighted by atomic mass is 16.1. The van der Waals surface area contributed by atoms with Crippen LogP contribution in [0.5, 0.6) is 0 Å². The zero-order chi connectivity index (χ0) is 25.1. The third-order valence-corrected chi connectivity index (χ3v) is 6.38. The number of ketones is 1. The minimum Gasteiger partial charge on any atom is -0.361 e. The molecule has 6 nitrogen and oxygen atoms in total. The molecular formula is C29H30N4O2. The Morgan fingerprint density at radius 1 is 1.14 bits per heavy atom. The number of aryl methyl sites for hydroxylation is 2. The largest absolute Gasteiger partial charge is 0.361 e. The first-order chi connectivity index (χ1) is 16.8. The van der Waals surface area contributed by atoms with Crippen molar-refractivity contribution >= 4 is 22.5 Å². The molecule has 0 aliphatic carbocycles. The summed E-state index contributed by atoms with van der Waals surface area (Å²) >= 11 is 0. The van der Waals surface area contributed by atoms with E-state index in [4.69, 9.17) is 6.57 Å². The van der Waals surface area contributed by atoms with Crippen molar-refractivity contribution in [2.24, 2.45) is 0 Å². The van der Waals surface area contributed by atoms with Gasteiger partial charge >= 0.3 is 0 Å². The Labute approximate surface area is 205 Å². The highest BCUT2D eigenvalue weighted by Crippen LogP contribution is 2.31. The summed E-state index contributed by atoms with van der Waals surface area (Å²) in [5.41, 5.74) is 5.83. The minimum atomic E-state index is -0.0999. The molecule has 0 radical (unpaired) electrons. The molecule has 178 valence electrons. The fourth-order valence-electron chi connectivity index (χ4n) is 4.66. The Bertz CT molecular complexity index is 1480. The van der Waals surface area contributed by atoms with E-state index in [9.17, 15) is 9.59 Å². The highest BCUT2D eigenvalue weighted by molar-refractivity contribution is 6.09. The monoisotopic (exact) mass is 466 g/mol. The van der Waals surface area contributed by atoms with Gasteiger partial charge in [0.05, 0.1) is 0 Å². The normalized spacial score (nSPS) is 11.2. The minimum absolute atomic E-state index is 0.00603. The number of fused-ring (bicyclic) bond motifs is 1. The Kier molecular flexibility index (Phi) is 6.97. The van der Waals surface area contributed by atoms with E-state index >= 15 is 0 Å². The van der Waals surface area contributed by atoms with E-state index in [1.54, 1.807) is 12.3 Å². The van der Waals surface area contributed by atoms with Gasteiger partial charge in [-0.2, -0.15) is 0 Å². The molecule has 6 heteroatoms. The number of benzene rings is 1. The molecule has 0 atom stereocenters. The van der Waals surface area contributed by atoms with Gasteiger partial charge in [-0.05, 0) is 75.1 Å². The zero-order valence-corrected chi connectivity index (χ0v) is 20.7. The lowest BCUT2D eigenvalue weighted by molar-refractivity contribution is 0.0984. The van der Waals surface area contributed by atoms with Crippen molar-refractivity contribution in [2.75, 3.05) is 0 Å². The van der Waals surface area contributed by atoms with Crippen LogP contribution in [0.1, 0.15) is 66.8 Å². The summed E-state index contributed by atoms with van der Waals surface area (Å²) in [6.07, 6.45) is 6.10. The first-order valence-electron chi connectivity index (χ1n) is 12.1. The number of Topliss-reactive ketones (excluding diaryl/α,β-unsaturated/α-hetero) is 1. The van der Waals surface area contributed by atoms with E-state index in [0.29, 0.717) is 23.4 Å². The lowest BCUT2D eigenvalue weighted by Gasteiger charge is -2.13. The van der Waals surface area contributed by atoms with Crippen LogP contribution in [0.25, 0.3) is 26.9 Å². The van der Waals surface area contributed by atoms with Crippen LogP contribution in [0.2, 0.25) is 0 Å². The molecule has 0 saturated carbocycles. The number of pyridine rings is 2. The smallest absolute Gasteiger partial charge is 0.269 e. The van der Waals surface area contributed by atoms with Crippen LogP contribution in [-0.4, -0.2) is 20.3 Å². The van der Waals surface area contributed by atoms with Gasteiger partial charge in [0.15, 0.2) is 5.78 Å². The maximum absolute atomic E-state index is 13.6. The number of carbonyl (C=O) groups is 1. The molecule has 4 aromatic rings. The summed E-state index contributed by atoms with van der Waals surface area (Å²) in [5, 5.41) is 0.907. The summed E-state index contributed by atoms with van der Waals surface area (Å²) < 4.78 is 2.15. The first-order valence-corrected chi connectivity index (χ1v) is 12.1. The molecule has 0 aliphatic heterocycles. The van der Waals surface area contributed by atoms with Gasteiger partial charge in [0.25, 0.3) is 11.4 Å². The maximum atomic E-state index is 13.6. The number of aromatic nitrogens is 3. The average Bonchev–Trinajstić information content (AvgIpc) is 3.27. The Morgan fingerprint density at radius 3 is 2.60 bits per heavy atom. The molecule has 0 unspecified atom stereocenters. The van der Waals surface area contributed by atoms with Crippen molar-refractivity contribution in [1.29, 1.82) is 0 Å². The fraction of sp³-hybridized carbons (Fsp3) is 0.310. The third kappa shape index (κ3) is 4.95. The predicted molar refractivity (Wildman–Crippen MR) is 140 cm³/mol. The molecule has 3 aromatic heterocycles. The van der Waals surface area contributed by atoms with E-state index in [1.807, 2.05) is 37.4 Å². The molecule has 0 spiro atoms. The summed E-state index contributed by atoms with van der Waals surface area (Å²) in [6.45, 7) is 15.3. The van der Waals surface area contributed by atoms with Crippen LogP contribution in [0.15, 0.2) is 53.6 Å². The predicted octanol–water partition coefficient (Wildman–Crippen LogP) is 6.60. The van der Waals surface area contributed by atoms with Gasteiger partial charge in [0.2, 0.25) is 0 Å². The Balaban J connectivity index is 1.75. The molecule has 1 aromatic carbocycles. The molecule has 1 N–H and O–H groups in total. The quantitative estimate of drug-likeness (QED) is 0.235. The van der Waals surface area contributed by atoms with Crippen LogP contribution < -0.4 is 5.56 Å². The highest BCUT2D eigenvalue weighted by Gasteiger charge is 2.18. The number of nitrogens with zero attached hydrogens (tertiary/aromatic N) is 3. The second-order valence-corrected chi connectivity index (χ2v) is 9.25. The first kappa shape index (κ1) is 24.2. The van der Waals surface area contributed by atoms with Crippen molar-refractivity contribution in [1.82, 2.24) is 14.5 Å². The molecule has 0 amide bonds. The SMILES string of the molecule is [C-]#[N+]c1ccc(-c2cc(C(=O)CCc3c(CCC)cc(C)[nH]c3=O)c3ccn(C(C)C)c3c2)cn1. The van der Waals surface area contributed by atoms with Crippen molar-refractivity contribution in [3.63, 3.8) is 0 Å². The average molecular weight is 467 g/mol. The van der Waals surface area contributed by atoms with E-state index in [2.05, 4.69) is 46.2 Å². The van der Waals surface area contributed by atoms with E-state index in [1.165, 1.54) is 0 Å². The second kappa shape index (κ2) is 10.1. The number of hydrogen-bond acceptors (Lipinski definition) is 3. The van der Waals surface area contributed by atoms with E-state index < -0.39 is 0 Å². The molecule has 4 rings (SSSR count). The summed E-state index contributed by atoms with van der Waals surface area (Å²) in [6, 6.07) is 11.8. The van der Waals surface area contributed by atoms with E-state index in [0.717, 1.165) is 46.1 Å². The van der Waals surface area contributed by atoms with E-state index in [-0.39, 0.29) is 23.8 Å². The zero-order valence-electron chi connectivity index (χ0n) is 20.7. The van der Waals surface area contributed by atoms with Crippen LogP contribution in [0.3, 0.4) is 0 Å². The van der Waals surface area contributed by atoms with Crippen LogP contribution >= 0.6 is 0 Å². The van der Waals surface area contributed by atoms with Gasteiger partial charge in [-0.15, -0.1) is 4.98 Å². The van der Waals surface area contributed by atoms with Gasteiger partial charge in [-0.25, -0.2) is 0 Å². The molecule has 0 bridgehead atoms. The summed E-state index contributed by atoms with van der Waals surface area (Å²) in [7, 11) is 0. The number of H-pyrrole nitrogens is 1. The lowest BCUT2D eigenvalue weighted by Crippen LogP contribution is -2.18. The van der Waals surface area contributed by atoms with Crippen LogP contribution in [0.4, 0.5) is 5.82 Å². The molecule has 0 fully saturated rings. The lowest BCUT2D eigenvalue weighted by atomic mass is 9.94. The Morgan fingerprint density at radius 2 is 1.94 bits per heavy atom. The summed E-state index contributed by atoms with van der Waals surface area (Å²) in [5.74, 6) is 0.342. The number of carbonyl (C=O) groups excluding carboxylic acids is 1. The van der Waals surface area contributed by atoms with Gasteiger partial charge in [0, 0.05) is 51.9 Å². The topological polar surface area (TPSA) is 72.1 Å². The standard InChI is InChI=1S/C29H30N4O2/c1-6-7-20-14-19(4)32-29(35)23(20)9-10-27(34)25-15-22(21-8-11-28(30-5)31-17-21)16-26-24(25)12-13-33(26)18(2)3/h8,11-18H,6-7,9-10H2,1-4H3,(H,32,35). The van der Waals surface area contributed by atoms with Crippen molar-refractivity contribution in [2.45, 2.75) is 59.4 Å². The molecule has 0 aliphatic rings. The van der Waals surface area contributed by atoms with Crippen LogP contribution in [-0.2, 0) is 12.8 Å². The molecule has 3 heterocycles.